The Balaban J connectivity index is 1.81. The number of nitrogens with zero attached hydrogens (tertiary/aromatic N) is 1. The summed E-state index contributed by atoms with van der Waals surface area (Å²) >= 11 is 3.38. The van der Waals surface area contributed by atoms with Crippen LogP contribution in [-0.4, -0.2) is 20.9 Å². The first-order valence-electron chi connectivity index (χ1n) is 8.12. The molecular weight excluding hydrogens is 404 g/mol. The first kappa shape index (κ1) is 16.6. The molecule has 1 amide bonds. The van der Waals surface area contributed by atoms with Gasteiger partial charge in [0.25, 0.3) is 10.0 Å². The van der Waals surface area contributed by atoms with Gasteiger partial charge in [-0.2, -0.15) is 0 Å². The summed E-state index contributed by atoms with van der Waals surface area (Å²) in [6.07, 6.45) is 0.918. The lowest BCUT2D eigenvalue weighted by molar-refractivity contribution is -0.116. The third-order valence-corrected chi connectivity index (χ3v) is 7.54. The molecule has 130 valence electrons. The van der Waals surface area contributed by atoms with Crippen molar-refractivity contribution in [2.45, 2.75) is 30.6 Å². The van der Waals surface area contributed by atoms with Gasteiger partial charge >= 0.3 is 0 Å². The number of anilines is 2. The number of benzene rings is 2. The molecule has 0 saturated carbocycles. The van der Waals surface area contributed by atoms with E-state index in [9.17, 15) is 13.2 Å². The van der Waals surface area contributed by atoms with E-state index in [-0.39, 0.29) is 16.7 Å². The van der Waals surface area contributed by atoms with E-state index in [0.717, 1.165) is 16.8 Å². The van der Waals surface area contributed by atoms with E-state index in [1.807, 2.05) is 31.2 Å². The van der Waals surface area contributed by atoms with Gasteiger partial charge < -0.3 is 5.32 Å². The van der Waals surface area contributed by atoms with Crippen molar-refractivity contribution < 1.29 is 13.2 Å². The van der Waals surface area contributed by atoms with Crippen molar-refractivity contribution in [2.75, 3.05) is 16.2 Å². The molecule has 2 aliphatic rings. The molecule has 1 N–H and O–H groups in total. The Morgan fingerprint density at radius 1 is 1.20 bits per heavy atom. The Bertz CT molecular complexity index is 988. The molecule has 0 fully saturated rings. The van der Waals surface area contributed by atoms with Crippen LogP contribution in [0.1, 0.15) is 30.4 Å². The van der Waals surface area contributed by atoms with Crippen LogP contribution < -0.4 is 9.62 Å². The van der Waals surface area contributed by atoms with Crippen LogP contribution in [0.4, 0.5) is 11.4 Å². The maximum Gasteiger partial charge on any atom is 0.265 e. The molecule has 0 spiro atoms. The maximum absolute atomic E-state index is 13.3. The average molecular weight is 421 g/mol. The van der Waals surface area contributed by atoms with Crippen molar-refractivity contribution in [3.05, 3.63) is 52.0 Å². The molecule has 2 aliphatic heterocycles. The number of hydrogen-bond acceptors (Lipinski definition) is 3. The first-order chi connectivity index (χ1) is 11.9. The number of para-hydroxylation sites is 1. The van der Waals surface area contributed by atoms with E-state index < -0.39 is 10.0 Å². The van der Waals surface area contributed by atoms with E-state index in [1.165, 1.54) is 4.31 Å². The van der Waals surface area contributed by atoms with E-state index in [1.54, 1.807) is 12.1 Å². The van der Waals surface area contributed by atoms with E-state index in [2.05, 4.69) is 21.2 Å². The minimum Gasteiger partial charge on any atom is -0.326 e. The number of hydrogen-bond donors (Lipinski definition) is 1. The molecule has 0 aliphatic carbocycles. The number of sulfonamides is 1. The quantitative estimate of drug-likeness (QED) is 0.805. The number of amides is 1. The smallest absolute Gasteiger partial charge is 0.265 e. The van der Waals surface area contributed by atoms with Crippen LogP contribution in [0.5, 0.6) is 0 Å². The number of rotatable bonds is 2. The van der Waals surface area contributed by atoms with Gasteiger partial charge in [-0.1, -0.05) is 25.1 Å². The number of carbonyl (C=O) groups excluding carboxylic acids is 1. The molecule has 25 heavy (non-hydrogen) atoms. The van der Waals surface area contributed by atoms with Gasteiger partial charge in [0.1, 0.15) is 4.90 Å². The molecular formula is C18H17BrN2O3S. The first-order valence-corrected chi connectivity index (χ1v) is 10.3. The predicted octanol–water partition coefficient (Wildman–Crippen LogP) is 3.65. The molecule has 0 bridgehead atoms. The van der Waals surface area contributed by atoms with Gasteiger partial charge in [0.15, 0.2) is 0 Å². The van der Waals surface area contributed by atoms with Crippen LogP contribution in [0.25, 0.3) is 0 Å². The molecule has 2 heterocycles. The molecule has 5 nitrogen and oxygen atoms in total. The largest absolute Gasteiger partial charge is 0.326 e. The van der Waals surface area contributed by atoms with Crippen LogP contribution in [-0.2, 0) is 21.2 Å². The highest BCUT2D eigenvalue weighted by molar-refractivity contribution is 9.10. The molecule has 0 unspecified atom stereocenters. The van der Waals surface area contributed by atoms with Gasteiger partial charge in [0.2, 0.25) is 5.91 Å². The highest BCUT2D eigenvalue weighted by Gasteiger charge is 2.36. The lowest BCUT2D eigenvalue weighted by Gasteiger charge is -2.23. The Morgan fingerprint density at radius 2 is 1.96 bits per heavy atom. The fraction of sp³-hybridized carbons (Fsp3) is 0.278. The SMILES string of the molecule is C[C@H]1CN(S(=O)(=O)c2cc3c(cc2Br)NC(=O)CC3)c2ccccc21. The minimum atomic E-state index is -3.69. The highest BCUT2D eigenvalue weighted by Crippen LogP contribution is 2.41. The molecule has 7 heteroatoms. The van der Waals surface area contributed by atoms with E-state index >= 15 is 0 Å². The second kappa shape index (κ2) is 5.85. The average Bonchev–Trinajstić information content (AvgIpc) is 2.92. The van der Waals surface area contributed by atoms with Gasteiger partial charge in [-0.15, -0.1) is 0 Å². The van der Waals surface area contributed by atoms with Crippen molar-refractivity contribution >= 4 is 43.2 Å². The van der Waals surface area contributed by atoms with Crippen molar-refractivity contribution in [3.63, 3.8) is 0 Å². The second-order valence-electron chi connectivity index (χ2n) is 6.48. The Labute approximate surface area is 155 Å². The number of fused-ring (bicyclic) bond motifs is 2. The predicted molar refractivity (Wildman–Crippen MR) is 100 cm³/mol. The van der Waals surface area contributed by atoms with Crippen molar-refractivity contribution in [2.24, 2.45) is 0 Å². The van der Waals surface area contributed by atoms with E-state index in [4.69, 9.17) is 0 Å². The van der Waals surface area contributed by atoms with Crippen LogP contribution in [0.2, 0.25) is 0 Å². The zero-order valence-corrected chi connectivity index (χ0v) is 16.0. The van der Waals surface area contributed by atoms with Gasteiger partial charge in [-0.3, -0.25) is 9.10 Å². The molecule has 4 rings (SSSR count). The zero-order valence-electron chi connectivity index (χ0n) is 13.6. The number of halogens is 1. The summed E-state index contributed by atoms with van der Waals surface area (Å²) in [5.41, 5.74) is 3.32. The van der Waals surface area contributed by atoms with E-state index in [0.29, 0.717) is 29.5 Å². The lowest BCUT2D eigenvalue weighted by Crippen LogP contribution is -2.30. The van der Waals surface area contributed by atoms with Gasteiger partial charge in [0.05, 0.1) is 5.69 Å². The third-order valence-electron chi connectivity index (χ3n) is 4.80. The second-order valence-corrected chi connectivity index (χ2v) is 9.17. The van der Waals surface area contributed by atoms with Crippen molar-refractivity contribution in [1.29, 1.82) is 0 Å². The topological polar surface area (TPSA) is 66.5 Å². The van der Waals surface area contributed by atoms with Gasteiger partial charge in [-0.05, 0) is 51.7 Å². The van der Waals surface area contributed by atoms with Gasteiger partial charge in [-0.25, -0.2) is 8.42 Å². The highest BCUT2D eigenvalue weighted by atomic mass is 79.9. The fourth-order valence-electron chi connectivity index (χ4n) is 3.50. The normalized spacial score (nSPS) is 19.4. The third kappa shape index (κ3) is 2.66. The van der Waals surface area contributed by atoms with Crippen molar-refractivity contribution in [3.8, 4) is 0 Å². The number of carbonyl (C=O) groups is 1. The minimum absolute atomic E-state index is 0.0442. The monoisotopic (exact) mass is 420 g/mol. The number of aryl methyl sites for hydroxylation is 1. The van der Waals surface area contributed by atoms with Crippen LogP contribution in [0.3, 0.4) is 0 Å². The summed E-state index contributed by atoms with van der Waals surface area (Å²) in [4.78, 5) is 11.8. The Morgan fingerprint density at radius 3 is 2.76 bits per heavy atom. The summed E-state index contributed by atoms with van der Waals surface area (Å²) in [6.45, 7) is 2.47. The molecule has 1 atom stereocenters. The molecule has 2 aromatic rings. The molecule has 2 aromatic carbocycles. The lowest BCUT2D eigenvalue weighted by atomic mass is 10.0. The van der Waals surface area contributed by atoms with Gasteiger partial charge in [0, 0.05) is 29.0 Å². The summed E-state index contributed by atoms with van der Waals surface area (Å²) in [7, 11) is -3.69. The van der Waals surface area contributed by atoms with Crippen LogP contribution >= 0.6 is 15.9 Å². The zero-order chi connectivity index (χ0) is 17.8. The Kier molecular flexibility index (Phi) is 3.88. The Hall–Kier alpha value is -1.86. The summed E-state index contributed by atoms with van der Waals surface area (Å²) in [5, 5.41) is 2.79. The number of nitrogens with one attached hydrogen (secondary N) is 1. The molecule has 0 aromatic heterocycles. The van der Waals surface area contributed by atoms with Crippen molar-refractivity contribution in [1.82, 2.24) is 0 Å². The standard InChI is InChI=1S/C18H17BrN2O3S/c1-11-10-21(16-5-3-2-4-13(11)16)25(23,24)17-8-12-6-7-18(22)20-15(12)9-14(17)19/h2-5,8-9,11H,6-7,10H2,1H3,(H,20,22)/t11-/m0/s1. The summed E-state index contributed by atoms with van der Waals surface area (Å²) in [5.74, 6) is 0.110. The summed E-state index contributed by atoms with van der Waals surface area (Å²) in [6, 6.07) is 11.0. The molecule has 0 saturated heterocycles. The van der Waals surface area contributed by atoms with Crippen LogP contribution in [0, 0.1) is 0 Å². The maximum atomic E-state index is 13.3. The van der Waals surface area contributed by atoms with Crippen LogP contribution in [0.15, 0.2) is 45.8 Å². The summed E-state index contributed by atoms with van der Waals surface area (Å²) < 4.78 is 28.6. The molecule has 0 radical (unpaired) electrons. The fourth-order valence-corrected chi connectivity index (χ4v) is 6.14.